The fraction of sp³-hybridized carbons (Fsp3) is 0.0667. The maximum Gasteiger partial charge on any atom is 0.267 e. The zero-order valence-corrected chi connectivity index (χ0v) is 10.5. The van der Waals surface area contributed by atoms with Crippen LogP contribution < -0.4 is 11.3 Å². The van der Waals surface area contributed by atoms with Gasteiger partial charge < -0.3 is 5.73 Å². The van der Waals surface area contributed by atoms with Crippen LogP contribution in [0.2, 0.25) is 0 Å². The SMILES string of the molecule is Cc1ccc(-n2c(N)nc3ccccc3c2=O)cc1. The Kier molecular flexibility index (Phi) is 2.56. The van der Waals surface area contributed by atoms with Gasteiger partial charge in [0.25, 0.3) is 5.56 Å². The van der Waals surface area contributed by atoms with Crippen molar-refractivity contribution in [1.82, 2.24) is 9.55 Å². The van der Waals surface area contributed by atoms with Crippen molar-refractivity contribution in [2.45, 2.75) is 6.92 Å². The molecule has 0 atom stereocenters. The van der Waals surface area contributed by atoms with Gasteiger partial charge in [0.05, 0.1) is 16.6 Å². The number of fused-ring (bicyclic) bond motifs is 1. The first kappa shape index (κ1) is 11.5. The van der Waals surface area contributed by atoms with E-state index >= 15 is 0 Å². The summed E-state index contributed by atoms with van der Waals surface area (Å²) in [6, 6.07) is 14.8. The van der Waals surface area contributed by atoms with Crippen molar-refractivity contribution < 1.29 is 0 Å². The van der Waals surface area contributed by atoms with Crippen LogP contribution in [0.15, 0.2) is 53.3 Å². The van der Waals surface area contributed by atoms with E-state index in [1.54, 1.807) is 12.1 Å². The molecular formula is C15H13N3O. The summed E-state index contributed by atoms with van der Waals surface area (Å²) in [6.07, 6.45) is 0. The number of rotatable bonds is 1. The van der Waals surface area contributed by atoms with E-state index in [1.807, 2.05) is 43.3 Å². The molecule has 1 aromatic heterocycles. The molecule has 4 nitrogen and oxygen atoms in total. The molecule has 94 valence electrons. The average Bonchev–Trinajstić information content (AvgIpc) is 2.41. The molecule has 3 rings (SSSR count). The van der Waals surface area contributed by atoms with Gasteiger partial charge in [0, 0.05) is 0 Å². The Labute approximate surface area is 110 Å². The minimum Gasteiger partial charge on any atom is -0.369 e. The Morgan fingerprint density at radius 2 is 1.74 bits per heavy atom. The van der Waals surface area contributed by atoms with Crippen LogP contribution in [0.4, 0.5) is 5.95 Å². The van der Waals surface area contributed by atoms with E-state index < -0.39 is 0 Å². The number of para-hydroxylation sites is 1. The van der Waals surface area contributed by atoms with Crippen molar-refractivity contribution in [3.05, 3.63) is 64.4 Å². The molecule has 0 bridgehead atoms. The molecule has 4 heteroatoms. The molecule has 2 aromatic carbocycles. The maximum atomic E-state index is 12.5. The van der Waals surface area contributed by atoms with E-state index in [2.05, 4.69) is 4.98 Å². The Morgan fingerprint density at radius 1 is 1.05 bits per heavy atom. The van der Waals surface area contributed by atoms with Crippen molar-refractivity contribution >= 4 is 16.9 Å². The van der Waals surface area contributed by atoms with Crippen LogP contribution in [0.25, 0.3) is 16.6 Å². The predicted octanol–water partition coefficient (Wildman–Crippen LogP) is 2.28. The van der Waals surface area contributed by atoms with Crippen molar-refractivity contribution in [2.24, 2.45) is 0 Å². The van der Waals surface area contributed by atoms with Crippen molar-refractivity contribution in [1.29, 1.82) is 0 Å². The third-order valence-corrected chi connectivity index (χ3v) is 3.09. The molecule has 0 aliphatic heterocycles. The first-order valence-corrected chi connectivity index (χ1v) is 6.01. The van der Waals surface area contributed by atoms with Gasteiger partial charge in [0.2, 0.25) is 5.95 Å². The van der Waals surface area contributed by atoms with Gasteiger partial charge in [-0.05, 0) is 31.2 Å². The fourth-order valence-corrected chi connectivity index (χ4v) is 2.09. The van der Waals surface area contributed by atoms with Crippen molar-refractivity contribution in [2.75, 3.05) is 5.73 Å². The molecule has 1 heterocycles. The van der Waals surface area contributed by atoms with Crippen LogP contribution >= 0.6 is 0 Å². The first-order chi connectivity index (χ1) is 9.16. The van der Waals surface area contributed by atoms with E-state index in [0.29, 0.717) is 10.9 Å². The van der Waals surface area contributed by atoms with Crippen LogP contribution in [0.5, 0.6) is 0 Å². The molecule has 0 amide bonds. The fourth-order valence-electron chi connectivity index (χ4n) is 2.09. The smallest absolute Gasteiger partial charge is 0.267 e. The molecule has 3 aromatic rings. The van der Waals surface area contributed by atoms with Gasteiger partial charge in [-0.2, -0.15) is 0 Å². The van der Waals surface area contributed by atoms with E-state index in [0.717, 1.165) is 11.3 Å². The summed E-state index contributed by atoms with van der Waals surface area (Å²) in [4.78, 5) is 16.8. The first-order valence-electron chi connectivity index (χ1n) is 6.01. The van der Waals surface area contributed by atoms with Crippen molar-refractivity contribution in [3.8, 4) is 5.69 Å². The molecule has 0 unspecified atom stereocenters. The standard InChI is InChI=1S/C15H13N3O/c1-10-6-8-11(9-7-10)18-14(19)12-4-2-3-5-13(12)17-15(18)16/h2-9H,1H3,(H2,16,17). The van der Waals surface area contributed by atoms with E-state index in [4.69, 9.17) is 5.73 Å². The zero-order valence-electron chi connectivity index (χ0n) is 10.5. The predicted molar refractivity (Wildman–Crippen MR) is 76.5 cm³/mol. The van der Waals surface area contributed by atoms with Crippen LogP contribution in [0.3, 0.4) is 0 Å². The molecule has 2 N–H and O–H groups in total. The molecular weight excluding hydrogens is 238 g/mol. The van der Waals surface area contributed by atoms with Crippen LogP contribution in [-0.2, 0) is 0 Å². The maximum absolute atomic E-state index is 12.5. The Hall–Kier alpha value is -2.62. The van der Waals surface area contributed by atoms with Crippen LogP contribution in [0, 0.1) is 6.92 Å². The molecule has 0 fully saturated rings. The number of aromatic nitrogens is 2. The summed E-state index contributed by atoms with van der Waals surface area (Å²) in [6.45, 7) is 1.99. The largest absolute Gasteiger partial charge is 0.369 e. The van der Waals surface area contributed by atoms with Gasteiger partial charge in [-0.3, -0.25) is 4.79 Å². The van der Waals surface area contributed by atoms with Gasteiger partial charge in [-0.1, -0.05) is 29.8 Å². The molecule has 0 saturated heterocycles. The lowest BCUT2D eigenvalue weighted by molar-refractivity contribution is 0.981. The highest BCUT2D eigenvalue weighted by atomic mass is 16.1. The third-order valence-electron chi connectivity index (χ3n) is 3.09. The number of hydrogen-bond acceptors (Lipinski definition) is 3. The third kappa shape index (κ3) is 1.87. The zero-order chi connectivity index (χ0) is 13.4. The van der Waals surface area contributed by atoms with Gasteiger partial charge in [-0.15, -0.1) is 0 Å². The van der Waals surface area contributed by atoms with Gasteiger partial charge in [0.15, 0.2) is 0 Å². The highest BCUT2D eigenvalue weighted by Crippen LogP contribution is 2.14. The number of nitrogens with zero attached hydrogens (tertiary/aromatic N) is 2. The lowest BCUT2D eigenvalue weighted by atomic mass is 10.2. The number of benzene rings is 2. The van der Waals surface area contributed by atoms with Gasteiger partial charge in [-0.25, -0.2) is 9.55 Å². The molecule has 0 saturated carbocycles. The summed E-state index contributed by atoms with van der Waals surface area (Å²) in [5.74, 6) is 0.201. The minimum absolute atomic E-state index is 0.146. The number of hydrogen-bond donors (Lipinski definition) is 1. The monoisotopic (exact) mass is 251 g/mol. The normalized spacial score (nSPS) is 10.8. The molecule has 0 spiro atoms. The second-order valence-electron chi connectivity index (χ2n) is 4.46. The van der Waals surface area contributed by atoms with E-state index in [1.165, 1.54) is 4.57 Å². The summed E-state index contributed by atoms with van der Waals surface area (Å²) in [5.41, 5.74) is 8.24. The molecule has 19 heavy (non-hydrogen) atoms. The summed E-state index contributed by atoms with van der Waals surface area (Å²) >= 11 is 0. The lowest BCUT2D eigenvalue weighted by Crippen LogP contribution is -2.22. The van der Waals surface area contributed by atoms with Gasteiger partial charge >= 0.3 is 0 Å². The van der Waals surface area contributed by atoms with Gasteiger partial charge in [0.1, 0.15) is 0 Å². The Balaban J connectivity index is 2.35. The number of anilines is 1. The quantitative estimate of drug-likeness (QED) is 0.721. The number of nitrogens with two attached hydrogens (primary N) is 1. The number of aryl methyl sites for hydroxylation is 1. The van der Waals surface area contributed by atoms with Crippen LogP contribution in [-0.4, -0.2) is 9.55 Å². The summed E-state index contributed by atoms with van der Waals surface area (Å²) in [5, 5.41) is 0.567. The summed E-state index contributed by atoms with van der Waals surface area (Å²) in [7, 11) is 0. The molecule has 0 aliphatic carbocycles. The topological polar surface area (TPSA) is 60.9 Å². The second-order valence-corrected chi connectivity index (χ2v) is 4.46. The molecule has 0 radical (unpaired) electrons. The lowest BCUT2D eigenvalue weighted by Gasteiger charge is -2.10. The number of nitrogen functional groups attached to an aromatic ring is 1. The second kappa shape index (κ2) is 4.24. The van der Waals surface area contributed by atoms with Crippen molar-refractivity contribution in [3.63, 3.8) is 0 Å². The highest BCUT2D eigenvalue weighted by Gasteiger charge is 2.09. The Morgan fingerprint density at radius 3 is 2.47 bits per heavy atom. The van der Waals surface area contributed by atoms with Crippen LogP contribution in [0.1, 0.15) is 5.56 Å². The highest BCUT2D eigenvalue weighted by molar-refractivity contribution is 5.79. The molecule has 0 aliphatic rings. The van der Waals surface area contributed by atoms with E-state index in [9.17, 15) is 4.79 Å². The summed E-state index contributed by atoms with van der Waals surface area (Å²) < 4.78 is 1.43. The average molecular weight is 251 g/mol. The Bertz CT molecular complexity index is 804. The van der Waals surface area contributed by atoms with E-state index in [-0.39, 0.29) is 11.5 Å². The minimum atomic E-state index is -0.146.